The summed E-state index contributed by atoms with van der Waals surface area (Å²) < 4.78 is 0.629. The number of aromatic nitrogens is 2. The van der Waals surface area contributed by atoms with Gasteiger partial charge < -0.3 is 30.6 Å². The van der Waals surface area contributed by atoms with E-state index in [2.05, 4.69) is 34.5 Å². The minimum absolute atomic E-state index is 0.0338. The highest BCUT2D eigenvalue weighted by Crippen LogP contribution is 2.40. The number of aryl methyl sites for hydroxylation is 1. The third-order valence-electron chi connectivity index (χ3n) is 6.68. The molecule has 4 heterocycles. The SMILES string of the molecule is Cc1ncsc1C[N+](C)(C)C/C=C/C1=C(C(=O)O)N2C(=O)[C@@H](NC(=O)/C(=N\OC(C)(C)C(=O)O)c3csc(N)n3)[C@@H]2SC1. The molecule has 2 aromatic rings. The number of hydrogen-bond donors (Lipinski definition) is 4. The van der Waals surface area contributed by atoms with Crippen molar-refractivity contribution in [1.82, 2.24) is 20.2 Å². The van der Waals surface area contributed by atoms with Crippen LogP contribution >= 0.6 is 34.4 Å². The first-order valence-corrected chi connectivity index (χ1v) is 15.7. The Morgan fingerprint density at radius 2 is 2.02 bits per heavy atom. The van der Waals surface area contributed by atoms with Crippen LogP contribution in [0.25, 0.3) is 0 Å². The maximum absolute atomic E-state index is 13.2. The van der Waals surface area contributed by atoms with E-state index in [4.69, 9.17) is 10.6 Å². The number of likely N-dealkylation sites (N-methyl/N-ethyl adjacent to an activating group) is 1. The molecule has 230 valence electrons. The molecular formula is C26H32N7O7S3+. The summed E-state index contributed by atoms with van der Waals surface area (Å²) in [7, 11) is 4.14. The monoisotopic (exact) mass is 650 g/mol. The van der Waals surface area contributed by atoms with E-state index < -0.39 is 40.8 Å². The summed E-state index contributed by atoms with van der Waals surface area (Å²) in [5.74, 6) is -3.71. The zero-order valence-electron chi connectivity index (χ0n) is 24.1. The van der Waals surface area contributed by atoms with Crippen LogP contribution in [0.1, 0.15) is 30.1 Å². The standard InChI is InChI=1S/C26H31N7O7S3/c1-13-16(43-12-28-13)9-33(4,5)8-6-7-14-10-41-22-18(21(35)32(22)19(14)23(36)37)30-20(34)17(15-11-42-25(27)29-15)31-40-26(2,3)24(38)39/h6-7,11-12,18,22H,8-10H2,1-5H3,(H4-,27,29,30,34,36,37,38,39)/p+1/b7-6+,31-17-/t18-,22+/m1/s1. The lowest BCUT2D eigenvalue weighted by atomic mass is 10.0. The molecule has 2 aliphatic rings. The van der Waals surface area contributed by atoms with Gasteiger partial charge in [-0.3, -0.25) is 14.5 Å². The van der Waals surface area contributed by atoms with Gasteiger partial charge in [-0.15, -0.1) is 34.4 Å². The van der Waals surface area contributed by atoms with E-state index in [1.54, 1.807) is 17.4 Å². The summed E-state index contributed by atoms with van der Waals surface area (Å²) in [5.41, 5.74) is 6.77. The summed E-state index contributed by atoms with van der Waals surface area (Å²) in [6.07, 6.45) is 3.64. The minimum atomic E-state index is -1.76. The van der Waals surface area contributed by atoms with Gasteiger partial charge in [0.05, 0.1) is 36.7 Å². The number of anilines is 1. The maximum Gasteiger partial charge on any atom is 0.352 e. The molecule has 43 heavy (non-hydrogen) atoms. The number of rotatable bonds is 12. The van der Waals surface area contributed by atoms with Crippen LogP contribution in [0.4, 0.5) is 5.13 Å². The number of thiazole rings is 2. The topological polar surface area (TPSA) is 197 Å². The predicted molar refractivity (Wildman–Crippen MR) is 162 cm³/mol. The molecule has 0 spiro atoms. The number of carboxylic acid groups (broad SMARTS) is 2. The molecule has 2 aromatic heterocycles. The van der Waals surface area contributed by atoms with E-state index in [9.17, 15) is 29.4 Å². The number of carboxylic acids is 2. The van der Waals surface area contributed by atoms with Crippen molar-refractivity contribution >= 4 is 69.0 Å². The number of oxime groups is 1. The van der Waals surface area contributed by atoms with Crippen molar-refractivity contribution in [3.05, 3.63) is 50.6 Å². The minimum Gasteiger partial charge on any atom is -0.478 e. The van der Waals surface area contributed by atoms with E-state index in [1.165, 1.54) is 40.8 Å². The number of nitrogens with two attached hydrogens (primary N) is 1. The number of thioether (sulfide) groups is 1. The Labute approximate surface area is 259 Å². The van der Waals surface area contributed by atoms with Crippen LogP contribution in [0.2, 0.25) is 0 Å². The smallest absolute Gasteiger partial charge is 0.352 e. The van der Waals surface area contributed by atoms with Gasteiger partial charge in [-0.05, 0) is 32.4 Å². The van der Waals surface area contributed by atoms with Crippen LogP contribution < -0.4 is 11.1 Å². The molecule has 0 radical (unpaired) electrons. The number of aliphatic carboxylic acids is 2. The number of nitrogen functional groups attached to an aromatic ring is 1. The summed E-state index contributed by atoms with van der Waals surface area (Å²) in [4.78, 5) is 65.9. The molecule has 5 N–H and O–H groups in total. The van der Waals surface area contributed by atoms with Gasteiger partial charge in [0.25, 0.3) is 11.8 Å². The first kappa shape index (κ1) is 32.1. The van der Waals surface area contributed by atoms with Crippen molar-refractivity contribution in [2.75, 3.05) is 32.1 Å². The van der Waals surface area contributed by atoms with Gasteiger partial charge in [0, 0.05) is 11.1 Å². The van der Waals surface area contributed by atoms with E-state index in [0.29, 0.717) is 22.4 Å². The largest absolute Gasteiger partial charge is 0.478 e. The fourth-order valence-corrected chi connectivity index (χ4v) is 7.04. The molecule has 2 atom stereocenters. The van der Waals surface area contributed by atoms with Crippen molar-refractivity contribution in [2.45, 2.75) is 44.3 Å². The molecule has 0 aromatic carbocycles. The number of quaternary nitrogens is 1. The molecule has 0 unspecified atom stereocenters. The maximum atomic E-state index is 13.2. The predicted octanol–water partition coefficient (Wildman–Crippen LogP) is 1.65. The third-order valence-corrected chi connectivity index (χ3v) is 9.58. The summed E-state index contributed by atoms with van der Waals surface area (Å²) in [5, 5.41) is 26.6. The number of nitrogens with zero attached hydrogens (tertiary/aromatic N) is 5. The fourth-order valence-electron chi connectivity index (χ4n) is 4.19. The Morgan fingerprint density at radius 1 is 1.30 bits per heavy atom. The highest BCUT2D eigenvalue weighted by molar-refractivity contribution is 8.00. The lowest BCUT2D eigenvalue weighted by molar-refractivity contribution is -0.897. The molecular weight excluding hydrogens is 619 g/mol. The highest BCUT2D eigenvalue weighted by atomic mass is 32.2. The molecule has 1 saturated heterocycles. The highest BCUT2D eigenvalue weighted by Gasteiger charge is 2.54. The molecule has 2 amide bonds. The quantitative estimate of drug-likeness (QED) is 0.113. The van der Waals surface area contributed by atoms with Crippen LogP contribution in [-0.2, 0) is 30.6 Å². The van der Waals surface area contributed by atoms with Gasteiger partial charge in [0.15, 0.2) is 10.8 Å². The Balaban J connectivity index is 1.49. The van der Waals surface area contributed by atoms with Gasteiger partial charge >= 0.3 is 11.9 Å². The lowest BCUT2D eigenvalue weighted by Gasteiger charge is -2.49. The number of β-lactam (4-membered cyclic amide) rings is 1. The van der Waals surface area contributed by atoms with Gasteiger partial charge in [0.2, 0.25) is 5.60 Å². The molecule has 1 fully saturated rings. The summed E-state index contributed by atoms with van der Waals surface area (Å²) in [6.45, 7) is 5.87. The molecule has 0 aliphatic carbocycles. The summed E-state index contributed by atoms with van der Waals surface area (Å²) >= 11 is 3.95. The van der Waals surface area contributed by atoms with Crippen LogP contribution in [-0.4, -0.2) is 102 Å². The van der Waals surface area contributed by atoms with Crippen molar-refractivity contribution in [3.63, 3.8) is 0 Å². The van der Waals surface area contributed by atoms with Crippen LogP contribution in [0, 0.1) is 6.92 Å². The second-order valence-electron chi connectivity index (χ2n) is 11.0. The molecule has 0 bridgehead atoms. The molecule has 14 nitrogen and oxygen atoms in total. The van der Waals surface area contributed by atoms with Crippen LogP contribution in [0.3, 0.4) is 0 Å². The van der Waals surface area contributed by atoms with E-state index in [0.717, 1.165) is 23.6 Å². The average molecular weight is 651 g/mol. The normalized spacial score (nSPS) is 19.3. The van der Waals surface area contributed by atoms with Crippen molar-refractivity contribution in [3.8, 4) is 0 Å². The second kappa shape index (κ2) is 12.4. The van der Waals surface area contributed by atoms with Crippen molar-refractivity contribution < 1.29 is 38.7 Å². The Hall–Kier alpha value is -3.80. The number of allylic oxidation sites excluding steroid dienone is 1. The molecule has 2 aliphatic heterocycles. The third kappa shape index (κ3) is 7.06. The Bertz CT molecular complexity index is 1540. The van der Waals surface area contributed by atoms with E-state index in [1.807, 2.05) is 18.5 Å². The Kier molecular flexibility index (Phi) is 9.29. The van der Waals surface area contributed by atoms with Crippen molar-refractivity contribution in [2.24, 2.45) is 5.16 Å². The van der Waals surface area contributed by atoms with E-state index in [-0.39, 0.29) is 22.2 Å². The summed E-state index contributed by atoms with van der Waals surface area (Å²) in [6, 6.07) is -1.05. The molecule has 4 rings (SSSR count). The Morgan fingerprint density at radius 3 is 2.60 bits per heavy atom. The van der Waals surface area contributed by atoms with Gasteiger partial charge in [-0.2, -0.15) is 0 Å². The number of hydrogen-bond acceptors (Lipinski definition) is 12. The number of nitrogens with one attached hydrogen (secondary N) is 1. The first-order chi connectivity index (χ1) is 20.1. The van der Waals surface area contributed by atoms with Gasteiger partial charge in [0.1, 0.15) is 29.4 Å². The fraction of sp³-hybridized carbons (Fsp3) is 0.423. The first-order valence-electron chi connectivity index (χ1n) is 12.9. The number of fused-ring (bicyclic) bond motifs is 1. The van der Waals surface area contributed by atoms with Crippen LogP contribution in [0.5, 0.6) is 0 Å². The number of carbonyl (C=O) groups is 4. The van der Waals surface area contributed by atoms with E-state index >= 15 is 0 Å². The molecule has 17 heteroatoms. The average Bonchev–Trinajstić information content (AvgIpc) is 3.53. The van der Waals surface area contributed by atoms with Gasteiger partial charge in [-0.25, -0.2) is 19.6 Å². The zero-order chi connectivity index (χ0) is 31.7. The zero-order valence-corrected chi connectivity index (χ0v) is 26.5. The van der Waals surface area contributed by atoms with Crippen LogP contribution in [0.15, 0.2) is 39.5 Å². The molecule has 0 saturated carbocycles. The van der Waals surface area contributed by atoms with Crippen molar-refractivity contribution in [1.29, 1.82) is 0 Å². The van der Waals surface area contributed by atoms with Gasteiger partial charge in [-0.1, -0.05) is 11.2 Å². The number of carbonyl (C=O) groups excluding carboxylic acids is 2. The number of amides is 2. The lowest BCUT2D eigenvalue weighted by Crippen LogP contribution is -2.71. The second-order valence-corrected chi connectivity index (χ2v) is 13.9.